The summed E-state index contributed by atoms with van der Waals surface area (Å²) in [5, 5.41) is 14.5. The molecular weight excluding hydrogens is 290 g/mol. The standard InChI is InChI=1S/C17H17N5O/c1-2-7-15(17-18-20-21-19-17)13(5-1)14-6-3-4-8-16(14)22-9-11-23-12-10-22/h1-8H,9-12H2,(H,18,19,20,21). The summed E-state index contributed by atoms with van der Waals surface area (Å²) in [6, 6.07) is 16.6. The van der Waals surface area contributed by atoms with Crippen molar-refractivity contribution >= 4 is 5.69 Å². The lowest BCUT2D eigenvalue weighted by Crippen LogP contribution is -2.36. The van der Waals surface area contributed by atoms with Crippen LogP contribution in [-0.4, -0.2) is 46.9 Å². The van der Waals surface area contributed by atoms with Crippen molar-refractivity contribution in [2.24, 2.45) is 0 Å². The molecule has 0 aliphatic carbocycles. The number of anilines is 1. The van der Waals surface area contributed by atoms with Crippen LogP contribution in [0.15, 0.2) is 48.5 Å². The lowest BCUT2D eigenvalue weighted by molar-refractivity contribution is 0.123. The zero-order valence-electron chi connectivity index (χ0n) is 12.6. The van der Waals surface area contributed by atoms with E-state index in [0.717, 1.165) is 37.4 Å². The molecule has 1 aliphatic rings. The number of benzene rings is 2. The van der Waals surface area contributed by atoms with E-state index in [2.05, 4.69) is 55.9 Å². The first-order valence-electron chi connectivity index (χ1n) is 7.68. The third-order valence-corrected chi connectivity index (χ3v) is 4.06. The predicted molar refractivity (Wildman–Crippen MR) is 88.1 cm³/mol. The van der Waals surface area contributed by atoms with Gasteiger partial charge < -0.3 is 9.64 Å². The van der Waals surface area contributed by atoms with Crippen molar-refractivity contribution in [2.75, 3.05) is 31.2 Å². The van der Waals surface area contributed by atoms with Crippen LogP contribution < -0.4 is 4.90 Å². The highest BCUT2D eigenvalue weighted by Crippen LogP contribution is 2.36. The van der Waals surface area contributed by atoms with E-state index in [1.807, 2.05) is 18.2 Å². The van der Waals surface area contributed by atoms with Gasteiger partial charge in [-0.15, -0.1) is 10.2 Å². The molecule has 6 nitrogen and oxygen atoms in total. The van der Waals surface area contributed by atoms with E-state index < -0.39 is 0 Å². The van der Waals surface area contributed by atoms with Crippen LogP contribution in [0.2, 0.25) is 0 Å². The quantitative estimate of drug-likeness (QED) is 0.804. The molecule has 1 saturated heterocycles. The molecule has 1 aliphatic heterocycles. The molecule has 2 heterocycles. The summed E-state index contributed by atoms with van der Waals surface area (Å²) in [7, 11) is 0. The third-order valence-electron chi connectivity index (χ3n) is 4.06. The summed E-state index contributed by atoms with van der Waals surface area (Å²) in [6.07, 6.45) is 0. The first kappa shape index (κ1) is 13.9. The molecule has 1 aromatic heterocycles. The Morgan fingerprint density at radius 3 is 2.30 bits per heavy atom. The Balaban J connectivity index is 1.83. The van der Waals surface area contributed by atoms with Gasteiger partial charge >= 0.3 is 0 Å². The summed E-state index contributed by atoms with van der Waals surface area (Å²) in [5.74, 6) is 0.609. The van der Waals surface area contributed by atoms with Gasteiger partial charge in [0.05, 0.1) is 13.2 Å². The van der Waals surface area contributed by atoms with E-state index in [1.165, 1.54) is 11.3 Å². The second kappa shape index (κ2) is 6.18. The van der Waals surface area contributed by atoms with Gasteiger partial charge in [-0.25, -0.2) is 0 Å². The van der Waals surface area contributed by atoms with Gasteiger partial charge in [0.1, 0.15) is 0 Å². The fraction of sp³-hybridized carbons (Fsp3) is 0.235. The number of rotatable bonds is 3. The highest BCUT2D eigenvalue weighted by atomic mass is 16.5. The minimum Gasteiger partial charge on any atom is -0.378 e. The molecule has 1 fully saturated rings. The topological polar surface area (TPSA) is 66.9 Å². The Morgan fingerprint density at radius 2 is 1.57 bits per heavy atom. The second-order valence-electron chi connectivity index (χ2n) is 5.40. The maximum absolute atomic E-state index is 5.48. The minimum absolute atomic E-state index is 0.609. The zero-order chi connectivity index (χ0) is 15.5. The summed E-state index contributed by atoms with van der Waals surface area (Å²) in [5.41, 5.74) is 4.47. The number of nitrogens with zero attached hydrogens (tertiary/aromatic N) is 4. The normalized spacial score (nSPS) is 14.9. The number of para-hydroxylation sites is 1. The third kappa shape index (κ3) is 2.68. The highest BCUT2D eigenvalue weighted by Gasteiger charge is 2.18. The van der Waals surface area contributed by atoms with E-state index in [0.29, 0.717) is 5.82 Å². The number of ether oxygens (including phenoxy) is 1. The second-order valence-corrected chi connectivity index (χ2v) is 5.40. The molecule has 1 N–H and O–H groups in total. The number of H-pyrrole nitrogens is 1. The number of hydrogen-bond donors (Lipinski definition) is 1. The van der Waals surface area contributed by atoms with E-state index in [1.54, 1.807) is 0 Å². The molecule has 3 aromatic rings. The highest BCUT2D eigenvalue weighted by molar-refractivity contribution is 5.87. The van der Waals surface area contributed by atoms with Crippen LogP contribution in [0.1, 0.15) is 0 Å². The van der Waals surface area contributed by atoms with Crippen LogP contribution in [0.5, 0.6) is 0 Å². The first-order chi connectivity index (χ1) is 11.4. The van der Waals surface area contributed by atoms with Gasteiger partial charge in [-0.3, -0.25) is 0 Å². The van der Waals surface area contributed by atoms with Crippen LogP contribution in [0.3, 0.4) is 0 Å². The molecule has 0 unspecified atom stereocenters. The molecule has 6 heteroatoms. The average molecular weight is 307 g/mol. The minimum atomic E-state index is 0.609. The zero-order valence-corrected chi connectivity index (χ0v) is 12.6. The molecule has 0 radical (unpaired) electrons. The summed E-state index contributed by atoms with van der Waals surface area (Å²) in [4.78, 5) is 2.37. The van der Waals surface area contributed by atoms with Crippen LogP contribution in [0, 0.1) is 0 Å². The maximum Gasteiger partial charge on any atom is 0.205 e. The van der Waals surface area contributed by atoms with Gasteiger partial charge in [-0.1, -0.05) is 42.5 Å². The van der Waals surface area contributed by atoms with Crippen LogP contribution in [-0.2, 0) is 4.74 Å². The Morgan fingerprint density at radius 1 is 0.870 bits per heavy atom. The van der Waals surface area contributed by atoms with Crippen molar-refractivity contribution in [1.29, 1.82) is 0 Å². The lowest BCUT2D eigenvalue weighted by atomic mass is 9.97. The Bertz CT molecular complexity index is 781. The van der Waals surface area contributed by atoms with Crippen LogP contribution >= 0.6 is 0 Å². The SMILES string of the molecule is c1ccc(-c2ccccc2N2CCOCC2)c(-c2nn[nH]n2)c1. The van der Waals surface area contributed by atoms with E-state index >= 15 is 0 Å². The molecular formula is C17H17N5O. The molecule has 23 heavy (non-hydrogen) atoms. The smallest absolute Gasteiger partial charge is 0.205 e. The predicted octanol–water partition coefficient (Wildman–Crippen LogP) is 2.37. The number of aromatic nitrogens is 4. The molecule has 4 rings (SSSR count). The number of nitrogens with one attached hydrogen (secondary N) is 1. The summed E-state index contributed by atoms with van der Waals surface area (Å²) >= 11 is 0. The number of aromatic amines is 1. The molecule has 116 valence electrons. The van der Waals surface area contributed by atoms with Crippen molar-refractivity contribution in [2.45, 2.75) is 0 Å². The van der Waals surface area contributed by atoms with Gasteiger partial charge in [0, 0.05) is 29.9 Å². The van der Waals surface area contributed by atoms with Crippen molar-refractivity contribution < 1.29 is 4.74 Å². The largest absolute Gasteiger partial charge is 0.378 e. The fourth-order valence-electron chi connectivity index (χ4n) is 2.97. The Kier molecular flexibility index (Phi) is 3.73. The number of hydrogen-bond acceptors (Lipinski definition) is 5. The molecule has 0 amide bonds. The number of morpholine rings is 1. The lowest BCUT2D eigenvalue weighted by Gasteiger charge is -2.31. The maximum atomic E-state index is 5.48. The van der Waals surface area contributed by atoms with Gasteiger partial charge in [-0.05, 0) is 16.8 Å². The monoisotopic (exact) mass is 307 g/mol. The van der Waals surface area contributed by atoms with Crippen LogP contribution in [0.25, 0.3) is 22.5 Å². The molecule has 0 bridgehead atoms. The summed E-state index contributed by atoms with van der Waals surface area (Å²) < 4.78 is 5.48. The van der Waals surface area contributed by atoms with E-state index in [9.17, 15) is 0 Å². The van der Waals surface area contributed by atoms with Gasteiger partial charge in [0.25, 0.3) is 0 Å². The summed E-state index contributed by atoms with van der Waals surface area (Å²) in [6.45, 7) is 3.34. The van der Waals surface area contributed by atoms with Crippen molar-refractivity contribution in [3.8, 4) is 22.5 Å². The van der Waals surface area contributed by atoms with Crippen molar-refractivity contribution in [1.82, 2.24) is 20.6 Å². The molecule has 2 aromatic carbocycles. The van der Waals surface area contributed by atoms with Crippen LogP contribution in [0.4, 0.5) is 5.69 Å². The Labute approximate surface area is 134 Å². The molecule has 0 spiro atoms. The molecule has 0 atom stereocenters. The average Bonchev–Trinajstić information content (AvgIpc) is 3.17. The van der Waals surface area contributed by atoms with Gasteiger partial charge in [0.2, 0.25) is 5.82 Å². The van der Waals surface area contributed by atoms with E-state index in [-0.39, 0.29) is 0 Å². The molecule has 0 saturated carbocycles. The fourth-order valence-corrected chi connectivity index (χ4v) is 2.97. The van der Waals surface area contributed by atoms with Crippen molar-refractivity contribution in [3.05, 3.63) is 48.5 Å². The van der Waals surface area contributed by atoms with Crippen molar-refractivity contribution in [3.63, 3.8) is 0 Å². The van der Waals surface area contributed by atoms with E-state index in [4.69, 9.17) is 4.74 Å². The van der Waals surface area contributed by atoms with Gasteiger partial charge in [-0.2, -0.15) is 5.21 Å². The van der Waals surface area contributed by atoms with Gasteiger partial charge in [0.15, 0.2) is 0 Å². The number of tetrazole rings is 1. The first-order valence-corrected chi connectivity index (χ1v) is 7.68. The Hall–Kier alpha value is -2.73.